The second-order valence-electron chi connectivity index (χ2n) is 7.10. The molecule has 0 aliphatic carbocycles. The summed E-state index contributed by atoms with van der Waals surface area (Å²) < 4.78 is 33.9. The molecule has 7 nitrogen and oxygen atoms in total. The highest BCUT2D eigenvalue weighted by molar-refractivity contribution is 7.87. The average Bonchev–Trinajstić information content (AvgIpc) is 2.77. The van der Waals surface area contributed by atoms with Gasteiger partial charge in [-0.25, -0.2) is 0 Å². The maximum absolute atomic E-state index is 13.3. The van der Waals surface area contributed by atoms with E-state index in [1.807, 2.05) is 30.3 Å². The predicted molar refractivity (Wildman–Crippen MR) is 119 cm³/mol. The Morgan fingerprint density at radius 3 is 2.47 bits per heavy atom. The number of methoxy groups -OCH3 is 1. The van der Waals surface area contributed by atoms with E-state index in [0.29, 0.717) is 26.0 Å². The van der Waals surface area contributed by atoms with Crippen LogP contribution in [0.1, 0.15) is 18.4 Å². The van der Waals surface area contributed by atoms with E-state index in [0.717, 1.165) is 11.1 Å². The molecule has 0 spiro atoms. The third kappa shape index (κ3) is 5.89. The van der Waals surface area contributed by atoms with Crippen LogP contribution in [0.15, 0.2) is 67.3 Å². The Bertz CT molecular complexity index is 858. The molecule has 1 aromatic rings. The topological polar surface area (TPSA) is 87.7 Å². The summed E-state index contributed by atoms with van der Waals surface area (Å²) in [5.74, 6) is -0.116. The molecule has 30 heavy (non-hydrogen) atoms. The molecule has 0 saturated carbocycles. The number of hydrogen-bond acceptors (Lipinski definition) is 4. The molecule has 1 aliphatic heterocycles. The molecular weight excluding hydrogens is 402 g/mol. The van der Waals surface area contributed by atoms with E-state index in [2.05, 4.69) is 23.2 Å². The van der Waals surface area contributed by atoms with Crippen molar-refractivity contribution in [1.82, 2.24) is 14.3 Å². The molecular formula is C22H31N3O4S. The second kappa shape index (κ2) is 11.2. The first-order valence-electron chi connectivity index (χ1n) is 9.91. The average molecular weight is 434 g/mol. The fourth-order valence-corrected chi connectivity index (χ4v) is 4.77. The van der Waals surface area contributed by atoms with Gasteiger partial charge in [0.05, 0.1) is 12.0 Å². The molecule has 1 aliphatic rings. The summed E-state index contributed by atoms with van der Waals surface area (Å²) >= 11 is 0. The van der Waals surface area contributed by atoms with Crippen LogP contribution in [0.4, 0.5) is 0 Å². The molecule has 1 amide bonds. The summed E-state index contributed by atoms with van der Waals surface area (Å²) in [7, 11) is -2.09. The van der Waals surface area contributed by atoms with Crippen LogP contribution in [0.25, 0.3) is 0 Å². The number of carbonyl (C=O) groups excluding carboxylic acids is 1. The third-order valence-electron chi connectivity index (χ3n) is 5.31. The fraction of sp³-hybridized carbons (Fsp3) is 0.409. The van der Waals surface area contributed by atoms with Gasteiger partial charge in [0.25, 0.3) is 10.2 Å². The number of nitrogens with one attached hydrogen (secondary N) is 2. The van der Waals surface area contributed by atoms with Crippen molar-refractivity contribution in [2.24, 2.45) is 0 Å². The Labute approximate surface area is 179 Å². The van der Waals surface area contributed by atoms with Crippen LogP contribution < -0.4 is 10.0 Å². The van der Waals surface area contributed by atoms with E-state index in [1.165, 1.54) is 11.4 Å². The molecule has 0 bridgehead atoms. The number of ether oxygens (including phenoxy) is 1. The molecule has 2 rings (SSSR count). The number of carbonyl (C=O) groups is 1. The molecule has 1 heterocycles. The van der Waals surface area contributed by atoms with Crippen LogP contribution in [0.3, 0.4) is 0 Å². The van der Waals surface area contributed by atoms with Crippen LogP contribution in [0, 0.1) is 0 Å². The maximum Gasteiger partial charge on any atom is 0.279 e. The normalized spacial score (nSPS) is 17.3. The number of hydrogen-bond donors (Lipinski definition) is 2. The highest BCUT2D eigenvalue weighted by atomic mass is 32.2. The zero-order valence-electron chi connectivity index (χ0n) is 17.5. The van der Waals surface area contributed by atoms with E-state index in [4.69, 9.17) is 4.74 Å². The predicted octanol–water partition coefficient (Wildman–Crippen LogP) is 1.92. The minimum Gasteiger partial charge on any atom is -0.383 e. The van der Waals surface area contributed by atoms with Gasteiger partial charge in [0.15, 0.2) is 0 Å². The van der Waals surface area contributed by atoms with Crippen molar-refractivity contribution >= 4 is 16.1 Å². The lowest BCUT2D eigenvalue weighted by molar-refractivity contribution is -0.128. The third-order valence-corrected chi connectivity index (χ3v) is 6.93. The monoisotopic (exact) mass is 433 g/mol. The van der Waals surface area contributed by atoms with Gasteiger partial charge < -0.3 is 10.1 Å². The first kappa shape index (κ1) is 24.0. The Hall–Kier alpha value is -2.26. The van der Waals surface area contributed by atoms with Gasteiger partial charge in [-0.2, -0.15) is 17.4 Å². The highest BCUT2D eigenvalue weighted by Crippen LogP contribution is 2.36. The maximum atomic E-state index is 13.3. The minimum absolute atomic E-state index is 0.116. The lowest BCUT2D eigenvalue weighted by Crippen LogP contribution is -2.54. The molecule has 1 fully saturated rings. The number of piperidine rings is 1. The molecule has 164 valence electrons. The molecule has 0 atom stereocenters. The lowest BCUT2D eigenvalue weighted by Gasteiger charge is -2.40. The highest BCUT2D eigenvalue weighted by Gasteiger charge is 2.44. The largest absolute Gasteiger partial charge is 0.383 e. The molecule has 0 aromatic heterocycles. The van der Waals surface area contributed by atoms with Gasteiger partial charge in [0.2, 0.25) is 5.91 Å². The van der Waals surface area contributed by atoms with Gasteiger partial charge in [0.1, 0.15) is 0 Å². The number of amides is 1. The molecule has 0 radical (unpaired) electrons. The minimum atomic E-state index is -3.61. The number of nitrogens with zero attached hydrogens (tertiary/aromatic N) is 1. The van der Waals surface area contributed by atoms with E-state index < -0.39 is 15.6 Å². The van der Waals surface area contributed by atoms with Crippen molar-refractivity contribution in [2.45, 2.75) is 18.3 Å². The SMILES string of the molecule is C=C/C=C(\C=C)CNC(=O)C1(c2ccccc2)CCN(S(=O)(=O)NCCOC)CC1. The number of rotatable bonds is 11. The van der Waals surface area contributed by atoms with E-state index in [9.17, 15) is 13.2 Å². The number of allylic oxidation sites excluding steroid dienone is 2. The first-order chi connectivity index (χ1) is 14.4. The Balaban J connectivity index is 2.18. The Kier molecular flexibility index (Phi) is 8.98. The van der Waals surface area contributed by atoms with Gasteiger partial charge in [-0.3, -0.25) is 4.79 Å². The van der Waals surface area contributed by atoms with Gasteiger partial charge in [0, 0.05) is 33.3 Å². The Morgan fingerprint density at radius 1 is 1.23 bits per heavy atom. The summed E-state index contributed by atoms with van der Waals surface area (Å²) in [6, 6.07) is 9.54. The second-order valence-corrected chi connectivity index (χ2v) is 8.86. The van der Waals surface area contributed by atoms with Crippen molar-refractivity contribution < 1.29 is 17.9 Å². The summed E-state index contributed by atoms with van der Waals surface area (Å²) in [6.07, 6.45) is 5.91. The quantitative estimate of drug-likeness (QED) is 0.412. The van der Waals surface area contributed by atoms with Crippen LogP contribution in [-0.4, -0.2) is 58.5 Å². The van der Waals surface area contributed by atoms with Gasteiger partial charge in [-0.1, -0.05) is 61.7 Å². The van der Waals surface area contributed by atoms with Crippen molar-refractivity contribution in [1.29, 1.82) is 0 Å². The molecule has 8 heteroatoms. The van der Waals surface area contributed by atoms with Crippen molar-refractivity contribution in [3.8, 4) is 0 Å². The first-order valence-corrected chi connectivity index (χ1v) is 11.3. The van der Waals surface area contributed by atoms with Crippen LogP contribution in [0.5, 0.6) is 0 Å². The zero-order valence-corrected chi connectivity index (χ0v) is 18.3. The van der Waals surface area contributed by atoms with Gasteiger partial charge >= 0.3 is 0 Å². The van der Waals surface area contributed by atoms with Crippen molar-refractivity contribution in [3.05, 3.63) is 72.9 Å². The molecule has 2 N–H and O–H groups in total. The van der Waals surface area contributed by atoms with E-state index in [-0.39, 0.29) is 25.5 Å². The van der Waals surface area contributed by atoms with Gasteiger partial charge in [-0.15, -0.1) is 0 Å². The number of benzene rings is 1. The van der Waals surface area contributed by atoms with Crippen LogP contribution in [0.2, 0.25) is 0 Å². The standard InChI is InChI=1S/C22H31N3O4S/c1-4-9-19(5-2)18-23-21(26)22(20-10-7-6-8-11-20)12-15-25(16-13-22)30(27,28)24-14-17-29-3/h4-11,24H,1-2,12-18H2,3H3,(H,23,26)/b19-9+. The van der Waals surface area contributed by atoms with Crippen LogP contribution in [-0.2, 0) is 25.2 Å². The summed E-state index contributed by atoms with van der Waals surface area (Å²) in [4.78, 5) is 13.3. The Morgan fingerprint density at radius 2 is 1.90 bits per heavy atom. The zero-order chi connectivity index (χ0) is 22.0. The summed E-state index contributed by atoms with van der Waals surface area (Å²) in [5.41, 5.74) is 0.948. The van der Waals surface area contributed by atoms with E-state index in [1.54, 1.807) is 18.2 Å². The molecule has 0 unspecified atom stereocenters. The lowest BCUT2D eigenvalue weighted by atomic mass is 9.72. The summed E-state index contributed by atoms with van der Waals surface area (Å²) in [5, 5.41) is 3.00. The molecule has 1 aromatic carbocycles. The van der Waals surface area contributed by atoms with E-state index >= 15 is 0 Å². The van der Waals surface area contributed by atoms with Gasteiger partial charge in [-0.05, 0) is 24.0 Å². The van der Waals surface area contributed by atoms with Crippen LogP contribution >= 0.6 is 0 Å². The molecule has 1 saturated heterocycles. The fourth-order valence-electron chi connectivity index (χ4n) is 3.58. The van der Waals surface area contributed by atoms with Crippen molar-refractivity contribution in [2.75, 3.05) is 39.9 Å². The smallest absolute Gasteiger partial charge is 0.279 e. The van der Waals surface area contributed by atoms with Crippen molar-refractivity contribution in [3.63, 3.8) is 0 Å². The summed E-state index contributed by atoms with van der Waals surface area (Å²) in [6.45, 7) is 8.77.